The standard InChI is InChI=1S/C20H30ClN3O.2ClH/c21-19-5-2-18(3-6-19)16-23-12-1-13-24(15-14-23)20(25)7-4-17-8-10-22-11-9-17;;/h2-3,5-6,17,22H,1,4,7-16H2;2*1H. The van der Waals surface area contributed by atoms with Crippen LogP contribution in [0.3, 0.4) is 0 Å². The quantitative estimate of drug-likeness (QED) is 0.758. The summed E-state index contributed by atoms with van der Waals surface area (Å²) in [5, 5.41) is 4.18. The number of rotatable bonds is 5. The van der Waals surface area contributed by atoms with E-state index in [0.717, 1.165) is 76.0 Å². The van der Waals surface area contributed by atoms with Gasteiger partial charge in [-0.1, -0.05) is 23.7 Å². The smallest absolute Gasteiger partial charge is 0.222 e. The minimum atomic E-state index is 0. The summed E-state index contributed by atoms with van der Waals surface area (Å²) < 4.78 is 0. The molecule has 2 saturated heterocycles. The molecule has 3 rings (SSSR count). The zero-order valence-corrected chi connectivity index (χ0v) is 18.3. The molecule has 0 unspecified atom stereocenters. The zero-order chi connectivity index (χ0) is 17.5. The number of amides is 1. The van der Waals surface area contributed by atoms with Crippen LogP contribution in [0.25, 0.3) is 0 Å². The Labute approximate surface area is 180 Å². The Morgan fingerprint density at radius 3 is 2.44 bits per heavy atom. The molecular weight excluding hydrogens is 405 g/mol. The van der Waals surface area contributed by atoms with E-state index in [1.807, 2.05) is 12.1 Å². The summed E-state index contributed by atoms with van der Waals surface area (Å²) in [5.74, 6) is 1.09. The second-order valence-corrected chi connectivity index (χ2v) is 7.81. The lowest BCUT2D eigenvalue weighted by molar-refractivity contribution is -0.131. The molecule has 0 atom stereocenters. The maximum absolute atomic E-state index is 12.6. The van der Waals surface area contributed by atoms with Gasteiger partial charge in [0.25, 0.3) is 0 Å². The van der Waals surface area contributed by atoms with E-state index in [9.17, 15) is 4.79 Å². The molecule has 1 aromatic rings. The van der Waals surface area contributed by atoms with Crippen molar-refractivity contribution in [3.05, 3.63) is 34.9 Å². The van der Waals surface area contributed by atoms with Crippen LogP contribution in [0.15, 0.2) is 24.3 Å². The van der Waals surface area contributed by atoms with Crippen LogP contribution in [0.1, 0.15) is 37.7 Å². The van der Waals surface area contributed by atoms with Gasteiger partial charge in [0, 0.05) is 44.2 Å². The predicted octanol–water partition coefficient (Wildman–Crippen LogP) is 4.00. The summed E-state index contributed by atoms with van der Waals surface area (Å²) in [6.07, 6.45) is 5.30. The predicted molar refractivity (Wildman–Crippen MR) is 117 cm³/mol. The Kier molecular flexibility index (Phi) is 11.7. The van der Waals surface area contributed by atoms with Crippen LogP contribution >= 0.6 is 36.4 Å². The first-order chi connectivity index (χ1) is 12.2. The first kappa shape index (κ1) is 24.5. The van der Waals surface area contributed by atoms with Crippen molar-refractivity contribution in [2.75, 3.05) is 39.3 Å². The minimum Gasteiger partial charge on any atom is -0.341 e. The number of hydrogen-bond acceptors (Lipinski definition) is 3. The van der Waals surface area contributed by atoms with E-state index in [4.69, 9.17) is 11.6 Å². The second kappa shape index (κ2) is 12.8. The Hall–Kier alpha value is -0.520. The van der Waals surface area contributed by atoms with E-state index in [-0.39, 0.29) is 24.8 Å². The van der Waals surface area contributed by atoms with Gasteiger partial charge in [0.05, 0.1) is 0 Å². The average molecular weight is 437 g/mol. The molecule has 2 fully saturated rings. The molecule has 1 N–H and O–H groups in total. The van der Waals surface area contributed by atoms with E-state index < -0.39 is 0 Å². The molecule has 0 aromatic heterocycles. The Balaban J connectivity index is 0.00000182. The molecule has 7 heteroatoms. The van der Waals surface area contributed by atoms with Gasteiger partial charge in [-0.25, -0.2) is 0 Å². The second-order valence-electron chi connectivity index (χ2n) is 7.37. The summed E-state index contributed by atoms with van der Waals surface area (Å²) in [4.78, 5) is 17.1. The summed E-state index contributed by atoms with van der Waals surface area (Å²) in [6, 6.07) is 8.08. The van der Waals surface area contributed by atoms with Crippen molar-refractivity contribution in [2.24, 2.45) is 5.92 Å². The zero-order valence-electron chi connectivity index (χ0n) is 15.9. The van der Waals surface area contributed by atoms with Crippen molar-refractivity contribution < 1.29 is 4.79 Å². The summed E-state index contributed by atoms with van der Waals surface area (Å²) in [5.41, 5.74) is 1.29. The van der Waals surface area contributed by atoms with Gasteiger partial charge in [-0.3, -0.25) is 9.69 Å². The van der Waals surface area contributed by atoms with Crippen LogP contribution in [0.5, 0.6) is 0 Å². The van der Waals surface area contributed by atoms with Crippen LogP contribution in [-0.4, -0.2) is 55.0 Å². The van der Waals surface area contributed by atoms with Crippen LogP contribution in [-0.2, 0) is 11.3 Å². The fourth-order valence-electron chi connectivity index (χ4n) is 3.88. The summed E-state index contributed by atoms with van der Waals surface area (Å²) in [6.45, 7) is 6.95. The monoisotopic (exact) mass is 435 g/mol. The molecule has 0 spiro atoms. The van der Waals surface area contributed by atoms with Gasteiger partial charge in [-0.05, 0) is 62.4 Å². The molecule has 2 aliphatic heterocycles. The molecule has 0 bridgehead atoms. The van der Waals surface area contributed by atoms with Gasteiger partial charge in [-0.15, -0.1) is 24.8 Å². The normalized spacial score (nSPS) is 18.9. The molecule has 2 heterocycles. The Bertz CT molecular complexity index is 550. The molecule has 0 saturated carbocycles. The van der Waals surface area contributed by atoms with Crippen LogP contribution < -0.4 is 5.32 Å². The number of carbonyl (C=O) groups excluding carboxylic acids is 1. The Morgan fingerprint density at radius 2 is 1.74 bits per heavy atom. The molecular formula is C20H32Cl3N3O. The summed E-state index contributed by atoms with van der Waals surface area (Å²) in [7, 11) is 0. The highest BCUT2D eigenvalue weighted by Gasteiger charge is 2.21. The Morgan fingerprint density at radius 1 is 1.04 bits per heavy atom. The van der Waals surface area contributed by atoms with Crippen molar-refractivity contribution >= 4 is 42.3 Å². The lowest BCUT2D eigenvalue weighted by Crippen LogP contribution is -2.35. The molecule has 0 aliphatic carbocycles. The molecule has 1 aromatic carbocycles. The van der Waals surface area contributed by atoms with Crippen molar-refractivity contribution in [3.8, 4) is 0 Å². The van der Waals surface area contributed by atoms with Crippen molar-refractivity contribution in [1.29, 1.82) is 0 Å². The van der Waals surface area contributed by atoms with Gasteiger partial charge in [-0.2, -0.15) is 0 Å². The number of nitrogens with one attached hydrogen (secondary N) is 1. The molecule has 4 nitrogen and oxygen atoms in total. The number of hydrogen-bond donors (Lipinski definition) is 1. The fraction of sp³-hybridized carbons (Fsp3) is 0.650. The van der Waals surface area contributed by atoms with Crippen molar-refractivity contribution in [1.82, 2.24) is 15.1 Å². The first-order valence-electron chi connectivity index (χ1n) is 9.66. The third kappa shape index (κ3) is 8.16. The lowest BCUT2D eigenvalue weighted by Gasteiger charge is -2.25. The highest BCUT2D eigenvalue weighted by molar-refractivity contribution is 6.30. The summed E-state index contributed by atoms with van der Waals surface area (Å²) >= 11 is 5.96. The highest BCUT2D eigenvalue weighted by atomic mass is 35.5. The number of nitrogens with zero attached hydrogens (tertiary/aromatic N) is 2. The topological polar surface area (TPSA) is 35.6 Å². The maximum atomic E-state index is 12.6. The molecule has 1 amide bonds. The van der Waals surface area contributed by atoms with Gasteiger partial charge >= 0.3 is 0 Å². The molecule has 154 valence electrons. The molecule has 27 heavy (non-hydrogen) atoms. The average Bonchev–Trinajstić information content (AvgIpc) is 2.88. The number of carbonyl (C=O) groups is 1. The van der Waals surface area contributed by atoms with Gasteiger partial charge < -0.3 is 10.2 Å². The van der Waals surface area contributed by atoms with E-state index in [0.29, 0.717) is 5.91 Å². The van der Waals surface area contributed by atoms with Gasteiger partial charge in [0.15, 0.2) is 0 Å². The van der Waals surface area contributed by atoms with Crippen molar-refractivity contribution in [2.45, 2.75) is 38.6 Å². The minimum absolute atomic E-state index is 0. The SMILES string of the molecule is Cl.Cl.O=C(CCC1CCNCC1)N1CCCN(Cc2ccc(Cl)cc2)CC1. The molecule has 0 radical (unpaired) electrons. The number of halogens is 3. The van der Waals surface area contributed by atoms with Gasteiger partial charge in [0.2, 0.25) is 5.91 Å². The van der Waals surface area contributed by atoms with Crippen LogP contribution in [0, 0.1) is 5.92 Å². The fourth-order valence-corrected chi connectivity index (χ4v) is 4.01. The van der Waals surface area contributed by atoms with Crippen molar-refractivity contribution in [3.63, 3.8) is 0 Å². The van der Waals surface area contributed by atoms with Crippen LogP contribution in [0.2, 0.25) is 5.02 Å². The number of benzene rings is 1. The number of piperidine rings is 1. The van der Waals surface area contributed by atoms with Crippen LogP contribution in [0.4, 0.5) is 0 Å². The highest BCUT2D eigenvalue weighted by Crippen LogP contribution is 2.19. The largest absolute Gasteiger partial charge is 0.341 e. The van der Waals surface area contributed by atoms with E-state index in [1.54, 1.807) is 0 Å². The molecule has 2 aliphatic rings. The third-order valence-corrected chi connectivity index (χ3v) is 5.74. The van der Waals surface area contributed by atoms with E-state index >= 15 is 0 Å². The third-order valence-electron chi connectivity index (χ3n) is 5.49. The first-order valence-corrected chi connectivity index (χ1v) is 10.0. The van der Waals surface area contributed by atoms with Gasteiger partial charge in [0.1, 0.15) is 0 Å². The lowest BCUT2D eigenvalue weighted by atomic mass is 9.93. The van der Waals surface area contributed by atoms with E-state index in [1.165, 1.54) is 18.4 Å². The van der Waals surface area contributed by atoms with E-state index in [2.05, 4.69) is 27.2 Å². The maximum Gasteiger partial charge on any atom is 0.222 e.